The fourth-order valence-electron chi connectivity index (χ4n) is 2.26. The molecule has 0 aromatic heterocycles. The van der Waals surface area contributed by atoms with Gasteiger partial charge in [0.2, 0.25) is 12.0 Å². The largest absolute Gasteiger partial charge is 0.382 e. The number of carbonyl (C=O) groups excluding carboxylic acids is 2. The molecule has 0 fully saturated rings. The molecule has 1 aromatic rings. The molecule has 1 aliphatic heterocycles. The first-order valence-corrected chi connectivity index (χ1v) is 8.46. The minimum Gasteiger partial charge on any atom is -0.382 e. The van der Waals surface area contributed by atoms with Gasteiger partial charge >= 0.3 is 0 Å². The lowest BCUT2D eigenvalue weighted by Crippen LogP contribution is -2.49. The monoisotopic (exact) mass is 366 g/mol. The number of rotatable bonds is 7. The molecule has 0 radical (unpaired) electrons. The molecule has 2 N–H and O–H groups in total. The molecule has 0 bridgehead atoms. The van der Waals surface area contributed by atoms with Gasteiger partial charge in [0.25, 0.3) is 5.91 Å². The second-order valence-electron chi connectivity index (χ2n) is 6.17. The van der Waals surface area contributed by atoms with Crippen molar-refractivity contribution in [2.45, 2.75) is 25.5 Å². The SMILES string of the molecule is C[C@@H](NC(=O)[C@@H]1CC(c2ccc(Cl)cc2)=NO1)C(=O)NCCN(C)C. The average Bonchev–Trinajstić information content (AvgIpc) is 3.05. The predicted octanol–water partition coefficient (Wildman–Crippen LogP) is 1.02. The zero-order valence-corrected chi connectivity index (χ0v) is 15.3. The number of likely N-dealkylation sites (N-methyl/N-ethyl adjacent to an activating group) is 1. The molecular weight excluding hydrogens is 344 g/mol. The summed E-state index contributed by atoms with van der Waals surface area (Å²) in [6.07, 6.45) is -0.384. The molecule has 25 heavy (non-hydrogen) atoms. The highest BCUT2D eigenvalue weighted by Gasteiger charge is 2.30. The standard InChI is InChI=1S/C17H23ClN4O3/c1-11(16(23)19-8-9-22(2)3)20-17(24)15-10-14(21-25-15)12-4-6-13(18)7-5-12/h4-7,11,15H,8-10H2,1-3H3,(H,19,23)(H,20,24)/t11-,15+/m1/s1. The zero-order valence-electron chi connectivity index (χ0n) is 14.6. The Morgan fingerprint density at radius 2 is 2.04 bits per heavy atom. The molecule has 7 nitrogen and oxygen atoms in total. The van der Waals surface area contributed by atoms with E-state index in [0.717, 1.165) is 12.1 Å². The number of nitrogens with one attached hydrogen (secondary N) is 2. The molecule has 2 atom stereocenters. The van der Waals surface area contributed by atoms with Gasteiger partial charge in [-0.15, -0.1) is 0 Å². The molecule has 1 aliphatic rings. The fourth-order valence-corrected chi connectivity index (χ4v) is 2.38. The molecular formula is C17H23ClN4O3. The van der Waals surface area contributed by atoms with Crippen molar-refractivity contribution in [3.05, 3.63) is 34.9 Å². The first kappa shape index (κ1) is 19.2. The third kappa shape index (κ3) is 5.72. The predicted molar refractivity (Wildman–Crippen MR) is 96.6 cm³/mol. The summed E-state index contributed by atoms with van der Waals surface area (Å²) in [4.78, 5) is 31.4. The minimum absolute atomic E-state index is 0.230. The second-order valence-corrected chi connectivity index (χ2v) is 6.60. The van der Waals surface area contributed by atoms with E-state index in [-0.39, 0.29) is 11.8 Å². The maximum absolute atomic E-state index is 12.3. The first-order chi connectivity index (χ1) is 11.9. The van der Waals surface area contributed by atoms with Gasteiger partial charge in [-0.3, -0.25) is 9.59 Å². The quantitative estimate of drug-likeness (QED) is 0.754. The van der Waals surface area contributed by atoms with Crippen molar-refractivity contribution < 1.29 is 14.4 Å². The molecule has 2 rings (SSSR count). The molecule has 0 saturated heterocycles. The Morgan fingerprint density at radius 3 is 2.68 bits per heavy atom. The number of hydrogen-bond donors (Lipinski definition) is 2. The van der Waals surface area contributed by atoms with Crippen LogP contribution in [0.4, 0.5) is 0 Å². The lowest BCUT2D eigenvalue weighted by Gasteiger charge is -2.17. The van der Waals surface area contributed by atoms with E-state index in [1.54, 1.807) is 19.1 Å². The van der Waals surface area contributed by atoms with Crippen molar-refractivity contribution >= 4 is 29.1 Å². The van der Waals surface area contributed by atoms with Crippen molar-refractivity contribution in [1.82, 2.24) is 15.5 Å². The third-order valence-electron chi connectivity index (χ3n) is 3.75. The lowest BCUT2D eigenvalue weighted by molar-refractivity contribution is -0.135. The van der Waals surface area contributed by atoms with Gasteiger partial charge in [-0.25, -0.2) is 0 Å². The van der Waals surface area contributed by atoms with Crippen LogP contribution < -0.4 is 10.6 Å². The minimum atomic E-state index is -0.734. The Bertz CT molecular complexity index is 646. The van der Waals surface area contributed by atoms with Crippen LogP contribution in [0.3, 0.4) is 0 Å². The summed E-state index contributed by atoms with van der Waals surface area (Å²) in [7, 11) is 3.85. The van der Waals surface area contributed by atoms with Gasteiger partial charge in [-0.2, -0.15) is 0 Å². The van der Waals surface area contributed by atoms with Crippen molar-refractivity contribution in [3.63, 3.8) is 0 Å². The Morgan fingerprint density at radius 1 is 1.36 bits per heavy atom. The van der Waals surface area contributed by atoms with Crippen LogP contribution in [0.5, 0.6) is 0 Å². The summed E-state index contributed by atoms with van der Waals surface area (Å²) in [6, 6.07) is 6.52. The van der Waals surface area contributed by atoms with Crippen molar-refractivity contribution in [2.75, 3.05) is 27.2 Å². The highest BCUT2D eigenvalue weighted by atomic mass is 35.5. The van der Waals surface area contributed by atoms with Crippen molar-refractivity contribution in [3.8, 4) is 0 Å². The fraction of sp³-hybridized carbons (Fsp3) is 0.471. The van der Waals surface area contributed by atoms with Crippen LogP contribution in [0.1, 0.15) is 18.9 Å². The summed E-state index contributed by atoms with van der Waals surface area (Å²) >= 11 is 5.86. The van der Waals surface area contributed by atoms with Gasteiger partial charge in [-0.05, 0) is 38.7 Å². The van der Waals surface area contributed by atoms with Gasteiger partial charge in [0.05, 0.1) is 5.71 Å². The number of nitrogens with zero attached hydrogens (tertiary/aromatic N) is 2. The molecule has 1 aromatic carbocycles. The number of oxime groups is 1. The number of hydrogen-bond acceptors (Lipinski definition) is 5. The van der Waals surface area contributed by atoms with E-state index in [1.807, 2.05) is 31.1 Å². The van der Waals surface area contributed by atoms with E-state index in [2.05, 4.69) is 15.8 Å². The summed E-state index contributed by atoms with van der Waals surface area (Å²) < 4.78 is 0. The van der Waals surface area contributed by atoms with E-state index in [9.17, 15) is 9.59 Å². The summed E-state index contributed by atoms with van der Waals surface area (Å²) in [5.41, 5.74) is 1.54. The molecule has 0 spiro atoms. The first-order valence-electron chi connectivity index (χ1n) is 8.08. The summed E-state index contributed by atoms with van der Waals surface area (Å²) in [5.74, 6) is -0.588. The number of benzene rings is 1. The van der Waals surface area contributed by atoms with Gasteiger partial charge < -0.3 is 20.4 Å². The van der Waals surface area contributed by atoms with Gasteiger partial charge in [0, 0.05) is 24.5 Å². The highest BCUT2D eigenvalue weighted by Crippen LogP contribution is 2.18. The normalized spacial score (nSPS) is 17.6. The molecule has 136 valence electrons. The van der Waals surface area contributed by atoms with Crippen LogP contribution in [0.25, 0.3) is 0 Å². The van der Waals surface area contributed by atoms with Crippen LogP contribution in [0.15, 0.2) is 29.4 Å². The molecule has 0 unspecified atom stereocenters. The van der Waals surface area contributed by atoms with Gasteiger partial charge in [-0.1, -0.05) is 28.9 Å². The van der Waals surface area contributed by atoms with E-state index in [4.69, 9.17) is 16.4 Å². The molecule has 0 saturated carbocycles. The van der Waals surface area contributed by atoms with Crippen LogP contribution in [-0.2, 0) is 14.4 Å². The van der Waals surface area contributed by atoms with Gasteiger partial charge in [0.1, 0.15) is 6.04 Å². The second kappa shape index (κ2) is 8.82. The van der Waals surface area contributed by atoms with Crippen molar-refractivity contribution in [2.24, 2.45) is 5.16 Å². The van der Waals surface area contributed by atoms with Crippen LogP contribution >= 0.6 is 11.6 Å². The molecule has 1 heterocycles. The topological polar surface area (TPSA) is 83.0 Å². The highest BCUT2D eigenvalue weighted by molar-refractivity contribution is 6.30. The van der Waals surface area contributed by atoms with E-state index < -0.39 is 12.1 Å². The Hall–Kier alpha value is -2.12. The maximum Gasteiger partial charge on any atom is 0.264 e. The summed E-state index contributed by atoms with van der Waals surface area (Å²) in [6.45, 7) is 2.89. The van der Waals surface area contributed by atoms with Crippen LogP contribution in [-0.4, -0.2) is 61.8 Å². The molecule has 8 heteroatoms. The maximum atomic E-state index is 12.3. The van der Waals surface area contributed by atoms with Gasteiger partial charge in [0.15, 0.2) is 0 Å². The lowest BCUT2D eigenvalue weighted by atomic mass is 10.0. The molecule has 0 aliphatic carbocycles. The molecule has 2 amide bonds. The number of halogens is 1. The van der Waals surface area contributed by atoms with E-state index >= 15 is 0 Å². The number of amides is 2. The van der Waals surface area contributed by atoms with Crippen LogP contribution in [0.2, 0.25) is 5.02 Å². The number of carbonyl (C=O) groups is 2. The average molecular weight is 367 g/mol. The third-order valence-corrected chi connectivity index (χ3v) is 4.00. The van der Waals surface area contributed by atoms with E-state index in [0.29, 0.717) is 23.7 Å². The van der Waals surface area contributed by atoms with Crippen LogP contribution in [0, 0.1) is 0 Å². The Kier molecular flexibility index (Phi) is 6.78. The zero-order chi connectivity index (χ0) is 18.4. The van der Waals surface area contributed by atoms with Crippen molar-refractivity contribution in [1.29, 1.82) is 0 Å². The Balaban J connectivity index is 1.80. The van der Waals surface area contributed by atoms with E-state index in [1.165, 1.54) is 0 Å². The smallest absolute Gasteiger partial charge is 0.264 e. The Labute approximate surface area is 152 Å². The summed E-state index contributed by atoms with van der Waals surface area (Å²) in [5, 5.41) is 10.0.